The number of pyridine rings is 1. The largest absolute Gasteiger partial charge is 0.358 e. The summed E-state index contributed by atoms with van der Waals surface area (Å²) in [7, 11) is 0. The van der Waals surface area contributed by atoms with Crippen LogP contribution in [0.3, 0.4) is 0 Å². The number of thiocarbonyl (C=S) groups is 1. The molecule has 5 nitrogen and oxygen atoms in total. The number of benzene rings is 1. The zero-order chi connectivity index (χ0) is 15.4. The molecule has 3 rings (SSSR count). The summed E-state index contributed by atoms with van der Waals surface area (Å²) >= 11 is 5.34. The molecule has 0 unspecified atom stereocenters. The van der Waals surface area contributed by atoms with Gasteiger partial charge in [-0.2, -0.15) is 0 Å². The molecule has 0 bridgehead atoms. The lowest BCUT2D eigenvalue weighted by Gasteiger charge is -2.11. The van der Waals surface area contributed by atoms with Crippen molar-refractivity contribution in [3.63, 3.8) is 0 Å². The van der Waals surface area contributed by atoms with Gasteiger partial charge in [-0.25, -0.2) is 4.98 Å². The Bertz CT molecular complexity index is 796. The number of aromatic nitrogens is 2. The van der Waals surface area contributed by atoms with Crippen molar-refractivity contribution in [1.29, 1.82) is 0 Å². The highest BCUT2D eigenvalue weighted by atomic mass is 32.1. The normalized spacial score (nSPS) is 10.6. The fourth-order valence-electron chi connectivity index (χ4n) is 2.30. The number of hydrogen-bond donors (Lipinski definition) is 4. The van der Waals surface area contributed by atoms with E-state index in [1.54, 1.807) is 6.20 Å². The van der Waals surface area contributed by atoms with Crippen LogP contribution in [0.25, 0.3) is 11.0 Å². The Morgan fingerprint density at radius 2 is 2.18 bits per heavy atom. The van der Waals surface area contributed by atoms with Crippen LogP contribution >= 0.6 is 12.2 Å². The van der Waals surface area contributed by atoms with Crippen molar-refractivity contribution in [2.75, 3.05) is 5.32 Å². The first-order chi connectivity index (χ1) is 10.8. The monoisotopic (exact) mass is 311 g/mol. The van der Waals surface area contributed by atoms with Gasteiger partial charge in [-0.15, -0.1) is 0 Å². The number of anilines is 1. The molecular weight excluding hydrogens is 294 g/mol. The van der Waals surface area contributed by atoms with E-state index in [2.05, 4.69) is 20.6 Å². The Balaban J connectivity index is 1.63. The quantitative estimate of drug-likeness (QED) is 0.557. The van der Waals surface area contributed by atoms with Crippen molar-refractivity contribution < 1.29 is 0 Å². The van der Waals surface area contributed by atoms with Crippen LogP contribution in [0.2, 0.25) is 0 Å². The van der Waals surface area contributed by atoms with Crippen LogP contribution in [-0.2, 0) is 13.1 Å². The molecule has 0 spiro atoms. The van der Waals surface area contributed by atoms with Crippen LogP contribution in [0.5, 0.6) is 0 Å². The molecule has 0 amide bonds. The zero-order valence-corrected chi connectivity index (χ0v) is 12.8. The van der Waals surface area contributed by atoms with Crippen LogP contribution in [-0.4, -0.2) is 15.1 Å². The molecule has 0 atom stereocenters. The van der Waals surface area contributed by atoms with Crippen molar-refractivity contribution in [2.24, 2.45) is 5.73 Å². The summed E-state index contributed by atoms with van der Waals surface area (Å²) in [5, 5.41) is 8.06. The Morgan fingerprint density at radius 1 is 1.27 bits per heavy atom. The van der Waals surface area contributed by atoms with Crippen molar-refractivity contribution >= 4 is 34.1 Å². The highest BCUT2D eigenvalue weighted by Crippen LogP contribution is 2.15. The second kappa shape index (κ2) is 6.55. The summed E-state index contributed by atoms with van der Waals surface area (Å²) in [6, 6.07) is 11.9. The third-order valence-corrected chi connectivity index (χ3v) is 3.66. The molecular formula is C16H17N5S. The average Bonchev–Trinajstić information content (AvgIpc) is 3.02. The molecule has 0 saturated carbocycles. The van der Waals surface area contributed by atoms with Gasteiger partial charge in [0.25, 0.3) is 0 Å². The van der Waals surface area contributed by atoms with E-state index in [4.69, 9.17) is 18.0 Å². The second-order valence-corrected chi connectivity index (χ2v) is 5.33. The first-order valence-electron chi connectivity index (χ1n) is 7.01. The van der Waals surface area contributed by atoms with Gasteiger partial charge < -0.3 is 21.4 Å². The summed E-state index contributed by atoms with van der Waals surface area (Å²) in [5.74, 6) is 0. The fourth-order valence-corrected chi connectivity index (χ4v) is 2.49. The summed E-state index contributed by atoms with van der Waals surface area (Å²) in [6.45, 7) is 1.15. The van der Waals surface area contributed by atoms with Gasteiger partial charge in [0.1, 0.15) is 5.65 Å². The number of nitrogens with two attached hydrogens (primary N) is 1. The Kier molecular flexibility index (Phi) is 4.32. The maximum atomic E-state index is 5.64. The van der Waals surface area contributed by atoms with Crippen LogP contribution in [0.1, 0.15) is 11.1 Å². The first kappa shape index (κ1) is 14.5. The highest BCUT2D eigenvalue weighted by Gasteiger charge is 2.04. The lowest BCUT2D eigenvalue weighted by atomic mass is 10.2. The molecule has 0 aliphatic heterocycles. The lowest BCUT2D eigenvalue weighted by molar-refractivity contribution is 0.932. The van der Waals surface area contributed by atoms with Crippen LogP contribution in [0.4, 0.5) is 5.69 Å². The van der Waals surface area contributed by atoms with Crippen LogP contribution in [0, 0.1) is 0 Å². The third-order valence-electron chi connectivity index (χ3n) is 3.41. The van der Waals surface area contributed by atoms with E-state index < -0.39 is 0 Å². The average molecular weight is 311 g/mol. The lowest BCUT2D eigenvalue weighted by Crippen LogP contribution is -2.28. The number of aromatic amines is 1. The summed E-state index contributed by atoms with van der Waals surface area (Å²) in [6.07, 6.45) is 3.67. The summed E-state index contributed by atoms with van der Waals surface area (Å²) < 4.78 is 0. The number of H-pyrrole nitrogens is 1. The molecule has 2 aromatic heterocycles. The molecule has 2 heterocycles. The van der Waals surface area contributed by atoms with Crippen molar-refractivity contribution in [3.05, 3.63) is 59.9 Å². The Hall–Kier alpha value is -2.44. The molecule has 1 aromatic carbocycles. The fraction of sp³-hybridized carbons (Fsp3) is 0.125. The van der Waals surface area contributed by atoms with Crippen LogP contribution in [0.15, 0.2) is 48.8 Å². The molecule has 0 aliphatic carbocycles. The maximum Gasteiger partial charge on any atom is 0.171 e. The van der Waals surface area contributed by atoms with Gasteiger partial charge in [-0.1, -0.05) is 12.1 Å². The number of nitrogens with one attached hydrogen (secondary N) is 3. The maximum absolute atomic E-state index is 5.64. The van der Waals surface area contributed by atoms with Gasteiger partial charge in [-0.3, -0.25) is 0 Å². The zero-order valence-electron chi connectivity index (χ0n) is 12.0. The van der Waals surface area contributed by atoms with E-state index in [0.29, 0.717) is 18.2 Å². The van der Waals surface area contributed by atoms with Crippen molar-refractivity contribution in [2.45, 2.75) is 13.1 Å². The van der Waals surface area contributed by atoms with Crippen molar-refractivity contribution in [3.8, 4) is 0 Å². The number of hydrogen-bond acceptors (Lipinski definition) is 3. The van der Waals surface area contributed by atoms with E-state index in [0.717, 1.165) is 27.8 Å². The van der Waals surface area contributed by atoms with Crippen LogP contribution < -0.4 is 16.4 Å². The molecule has 0 saturated heterocycles. The predicted molar refractivity (Wildman–Crippen MR) is 93.5 cm³/mol. The second-order valence-electron chi connectivity index (χ2n) is 4.92. The predicted octanol–water partition coefficient (Wildman–Crippen LogP) is 2.51. The Morgan fingerprint density at radius 3 is 3.05 bits per heavy atom. The number of nitrogens with zero attached hydrogens (tertiary/aromatic N) is 1. The van der Waals surface area contributed by atoms with Gasteiger partial charge in [-0.05, 0) is 47.6 Å². The number of fused-ring (bicyclic) bond motifs is 1. The van der Waals surface area contributed by atoms with Gasteiger partial charge in [0, 0.05) is 36.6 Å². The summed E-state index contributed by atoms with van der Waals surface area (Å²) in [5.41, 5.74) is 9.67. The minimum atomic E-state index is 0.512. The molecule has 0 fully saturated rings. The summed E-state index contributed by atoms with van der Waals surface area (Å²) in [4.78, 5) is 7.37. The molecule has 0 aliphatic rings. The van der Waals surface area contributed by atoms with Crippen molar-refractivity contribution in [1.82, 2.24) is 15.3 Å². The molecule has 112 valence electrons. The SMILES string of the molecule is NCc1cccc(NC(=S)NCc2ccnc3[nH]ccc23)c1. The molecule has 0 radical (unpaired) electrons. The van der Waals surface area contributed by atoms with E-state index in [-0.39, 0.29) is 0 Å². The molecule has 22 heavy (non-hydrogen) atoms. The van der Waals surface area contributed by atoms with Gasteiger partial charge >= 0.3 is 0 Å². The minimum absolute atomic E-state index is 0.512. The third kappa shape index (κ3) is 3.24. The van der Waals surface area contributed by atoms with Gasteiger partial charge in [0.2, 0.25) is 0 Å². The first-order valence-corrected chi connectivity index (χ1v) is 7.42. The standard InChI is InChI=1S/C16H17N5S/c17-9-11-2-1-3-13(8-11)21-16(22)20-10-12-4-6-18-15-14(12)5-7-19-15/h1-8H,9-10,17H2,(H,18,19)(H2,20,21,22). The van der Waals surface area contributed by atoms with E-state index >= 15 is 0 Å². The Labute approximate surface area is 133 Å². The highest BCUT2D eigenvalue weighted by molar-refractivity contribution is 7.80. The molecule has 3 aromatic rings. The molecule has 5 N–H and O–H groups in total. The van der Waals surface area contributed by atoms with E-state index in [1.165, 1.54) is 0 Å². The van der Waals surface area contributed by atoms with Gasteiger partial charge in [0.05, 0.1) is 0 Å². The smallest absolute Gasteiger partial charge is 0.171 e. The minimum Gasteiger partial charge on any atom is -0.358 e. The van der Waals surface area contributed by atoms with E-state index in [9.17, 15) is 0 Å². The topological polar surface area (TPSA) is 78.8 Å². The molecule has 6 heteroatoms. The van der Waals surface area contributed by atoms with E-state index in [1.807, 2.05) is 42.6 Å². The number of rotatable bonds is 4. The van der Waals surface area contributed by atoms with Gasteiger partial charge in [0.15, 0.2) is 5.11 Å².